The van der Waals surface area contributed by atoms with Crippen LogP contribution in [0.3, 0.4) is 0 Å². The molecule has 1 heterocycles. The number of rotatable bonds is 10. The normalized spacial score (nSPS) is 10.6. The summed E-state index contributed by atoms with van der Waals surface area (Å²) in [4.78, 5) is 4.27. The monoisotopic (exact) mass is 238 g/mol. The molecule has 1 aromatic rings. The van der Waals surface area contributed by atoms with Crippen LogP contribution in [0.25, 0.3) is 0 Å². The predicted molar refractivity (Wildman–Crippen MR) is 68.1 cm³/mol. The van der Waals surface area contributed by atoms with Gasteiger partial charge >= 0.3 is 0 Å². The minimum absolute atomic E-state index is 0.674. The first-order valence-electron chi connectivity index (χ1n) is 6.11. The number of nitrogens with one attached hydrogen (secondary N) is 1. The first kappa shape index (κ1) is 14.1. The lowest BCUT2D eigenvalue weighted by atomic mass is 10.3. The molecule has 0 saturated heterocycles. The summed E-state index contributed by atoms with van der Waals surface area (Å²) in [5.74, 6) is 0. The highest BCUT2D eigenvalue weighted by Crippen LogP contribution is 1.93. The molecule has 4 heteroatoms. The second-order valence-electron chi connectivity index (χ2n) is 3.78. The minimum atomic E-state index is 0.674. The number of methoxy groups -OCH3 is 1. The molecule has 0 bridgehead atoms. The van der Waals surface area contributed by atoms with Crippen LogP contribution in [0, 0.1) is 0 Å². The summed E-state index contributed by atoms with van der Waals surface area (Å²) < 4.78 is 10.2. The van der Waals surface area contributed by atoms with Gasteiger partial charge in [-0.1, -0.05) is 6.07 Å². The van der Waals surface area contributed by atoms with Gasteiger partial charge in [-0.15, -0.1) is 0 Å². The van der Waals surface area contributed by atoms with Crippen LogP contribution in [0.4, 0.5) is 0 Å². The molecule has 0 amide bonds. The molecule has 0 fully saturated rings. The summed E-state index contributed by atoms with van der Waals surface area (Å²) in [7, 11) is 1.68. The third kappa shape index (κ3) is 7.85. The Balaban J connectivity index is 1.85. The van der Waals surface area contributed by atoms with Crippen molar-refractivity contribution >= 4 is 0 Å². The third-order valence-electron chi connectivity index (χ3n) is 2.36. The fourth-order valence-electron chi connectivity index (χ4n) is 1.43. The van der Waals surface area contributed by atoms with Crippen molar-refractivity contribution in [1.82, 2.24) is 10.3 Å². The Bertz CT molecular complexity index is 267. The molecule has 96 valence electrons. The maximum atomic E-state index is 5.36. The summed E-state index contributed by atoms with van der Waals surface area (Å²) in [5.41, 5.74) is 1.14. The molecule has 1 rings (SSSR count). The smallest absolute Gasteiger partial charge is 0.0700 e. The van der Waals surface area contributed by atoms with Crippen molar-refractivity contribution < 1.29 is 9.47 Å². The second kappa shape index (κ2) is 10.2. The van der Waals surface area contributed by atoms with E-state index in [9.17, 15) is 0 Å². The predicted octanol–water partition coefficient (Wildman–Crippen LogP) is 1.27. The van der Waals surface area contributed by atoms with E-state index in [1.807, 2.05) is 18.3 Å². The number of pyridine rings is 1. The largest absolute Gasteiger partial charge is 0.382 e. The van der Waals surface area contributed by atoms with Crippen LogP contribution in [-0.2, 0) is 15.9 Å². The fourth-order valence-corrected chi connectivity index (χ4v) is 1.43. The van der Waals surface area contributed by atoms with Gasteiger partial charge in [-0.25, -0.2) is 0 Å². The molecule has 0 spiro atoms. The molecule has 0 saturated carbocycles. The number of hydrogen-bond donors (Lipinski definition) is 1. The zero-order chi connectivity index (χ0) is 12.2. The van der Waals surface area contributed by atoms with Crippen LogP contribution in [-0.4, -0.2) is 45.0 Å². The van der Waals surface area contributed by atoms with E-state index in [0.29, 0.717) is 13.2 Å². The van der Waals surface area contributed by atoms with Crippen molar-refractivity contribution in [2.75, 3.05) is 40.0 Å². The van der Waals surface area contributed by atoms with Crippen LogP contribution in [0.15, 0.2) is 24.4 Å². The van der Waals surface area contributed by atoms with Gasteiger partial charge in [0.1, 0.15) is 0 Å². The zero-order valence-corrected chi connectivity index (χ0v) is 10.5. The highest BCUT2D eigenvalue weighted by molar-refractivity contribution is 5.03. The van der Waals surface area contributed by atoms with Crippen molar-refractivity contribution in [3.8, 4) is 0 Å². The fraction of sp³-hybridized carbons (Fsp3) is 0.615. The Morgan fingerprint density at radius 3 is 2.88 bits per heavy atom. The Hall–Kier alpha value is -0.970. The third-order valence-corrected chi connectivity index (χ3v) is 2.36. The average molecular weight is 238 g/mol. The molecule has 0 aliphatic heterocycles. The van der Waals surface area contributed by atoms with E-state index in [1.165, 1.54) is 0 Å². The van der Waals surface area contributed by atoms with Gasteiger partial charge in [-0.3, -0.25) is 4.98 Å². The van der Waals surface area contributed by atoms with Crippen LogP contribution in [0.1, 0.15) is 12.1 Å². The Labute approximate surface area is 103 Å². The Morgan fingerprint density at radius 1 is 1.18 bits per heavy atom. The molecule has 0 aliphatic carbocycles. The molecule has 0 aromatic carbocycles. The van der Waals surface area contributed by atoms with Crippen molar-refractivity contribution in [2.24, 2.45) is 0 Å². The van der Waals surface area contributed by atoms with Crippen LogP contribution < -0.4 is 5.32 Å². The van der Waals surface area contributed by atoms with E-state index in [4.69, 9.17) is 9.47 Å². The van der Waals surface area contributed by atoms with Gasteiger partial charge in [0.25, 0.3) is 0 Å². The van der Waals surface area contributed by atoms with Crippen LogP contribution >= 0.6 is 0 Å². The molecular formula is C13H22N2O2. The van der Waals surface area contributed by atoms with Gasteiger partial charge in [-0.05, 0) is 25.1 Å². The number of nitrogens with zero attached hydrogens (tertiary/aromatic N) is 1. The molecular weight excluding hydrogens is 216 g/mol. The molecule has 1 aromatic heterocycles. The summed E-state index contributed by atoms with van der Waals surface area (Å²) in [6.07, 6.45) is 3.84. The van der Waals surface area contributed by atoms with E-state index in [-0.39, 0.29) is 0 Å². The lowest BCUT2D eigenvalue weighted by Gasteiger charge is -2.05. The molecule has 0 atom stereocenters. The Kier molecular flexibility index (Phi) is 8.46. The van der Waals surface area contributed by atoms with E-state index < -0.39 is 0 Å². The molecule has 1 N–H and O–H groups in total. The second-order valence-corrected chi connectivity index (χ2v) is 3.78. The summed E-state index contributed by atoms with van der Waals surface area (Å²) in [6, 6.07) is 6.01. The zero-order valence-electron chi connectivity index (χ0n) is 10.5. The maximum Gasteiger partial charge on any atom is 0.0700 e. The first-order valence-corrected chi connectivity index (χ1v) is 6.11. The van der Waals surface area contributed by atoms with Crippen molar-refractivity contribution in [2.45, 2.75) is 12.8 Å². The quantitative estimate of drug-likeness (QED) is 0.623. The lowest BCUT2D eigenvalue weighted by Crippen LogP contribution is -2.20. The summed E-state index contributed by atoms with van der Waals surface area (Å²) >= 11 is 0. The van der Waals surface area contributed by atoms with Crippen molar-refractivity contribution in [3.05, 3.63) is 30.1 Å². The highest BCUT2D eigenvalue weighted by Gasteiger charge is 1.93. The number of aromatic nitrogens is 1. The number of ether oxygens (including phenoxy) is 2. The lowest BCUT2D eigenvalue weighted by molar-refractivity contribution is 0.0695. The SMILES string of the molecule is COCCOCCCNCCc1ccccn1. The molecule has 0 aliphatic rings. The summed E-state index contributed by atoms with van der Waals surface area (Å²) in [5, 5.41) is 3.37. The van der Waals surface area contributed by atoms with E-state index >= 15 is 0 Å². The maximum absolute atomic E-state index is 5.36. The van der Waals surface area contributed by atoms with Crippen LogP contribution in [0.2, 0.25) is 0 Å². The number of hydrogen-bond acceptors (Lipinski definition) is 4. The van der Waals surface area contributed by atoms with Gasteiger partial charge in [0, 0.05) is 38.6 Å². The van der Waals surface area contributed by atoms with Gasteiger partial charge in [-0.2, -0.15) is 0 Å². The van der Waals surface area contributed by atoms with Crippen molar-refractivity contribution in [1.29, 1.82) is 0 Å². The minimum Gasteiger partial charge on any atom is -0.382 e. The van der Waals surface area contributed by atoms with Gasteiger partial charge in [0.05, 0.1) is 13.2 Å². The molecule has 0 radical (unpaired) electrons. The van der Waals surface area contributed by atoms with Gasteiger partial charge in [0.15, 0.2) is 0 Å². The van der Waals surface area contributed by atoms with E-state index in [2.05, 4.69) is 16.4 Å². The Morgan fingerprint density at radius 2 is 2.12 bits per heavy atom. The first-order chi connectivity index (χ1) is 8.43. The molecule has 4 nitrogen and oxygen atoms in total. The van der Waals surface area contributed by atoms with Gasteiger partial charge < -0.3 is 14.8 Å². The average Bonchev–Trinajstić information content (AvgIpc) is 2.38. The summed E-state index contributed by atoms with van der Waals surface area (Å²) in [6.45, 7) is 4.10. The topological polar surface area (TPSA) is 43.4 Å². The van der Waals surface area contributed by atoms with Gasteiger partial charge in [0.2, 0.25) is 0 Å². The van der Waals surface area contributed by atoms with Crippen molar-refractivity contribution in [3.63, 3.8) is 0 Å². The van der Waals surface area contributed by atoms with E-state index in [1.54, 1.807) is 7.11 Å². The standard InChI is InChI=1S/C13H22N2O2/c1-16-11-12-17-10-4-7-14-9-6-13-5-2-3-8-15-13/h2-3,5,8,14H,4,6-7,9-12H2,1H3. The molecule has 0 unspecified atom stereocenters. The van der Waals surface area contributed by atoms with E-state index in [0.717, 1.165) is 38.2 Å². The molecule has 17 heavy (non-hydrogen) atoms. The highest BCUT2D eigenvalue weighted by atomic mass is 16.5. The van der Waals surface area contributed by atoms with Crippen LogP contribution in [0.5, 0.6) is 0 Å².